The molecule has 0 bridgehead atoms. The van der Waals surface area contributed by atoms with Crippen molar-refractivity contribution >= 4 is 18.3 Å². The largest absolute Gasteiger partial charge is 0.507 e. The van der Waals surface area contributed by atoms with Gasteiger partial charge in [-0.2, -0.15) is 0 Å². The van der Waals surface area contributed by atoms with Crippen LogP contribution in [-0.2, 0) is 0 Å². The summed E-state index contributed by atoms with van der Waals surface area (Å²) >= 11 is 0. The van der Waals surface area contributed by atoms with Crippen molar-refractivity contribution in [3.8, 4) is 5.75 Å². The predicted molar refractivity (Wildman–Crippen MR) is 73.3 cm³/mol. The summed E-state index contributed by atoms with van der Waals surface area (Å²) in [7, 11) is 1.95. The lowest BCUT2D eigenvalue weighted by Gasteiger charge is -2.31. The molecule has 1 aromatic carbocycles. The van der Waals surface area contributed by atoms with Gasteiger partial charge in [0, 0.05) is 19.1 Å². The average Bonchev–Trinajstić information content (AvgIpc) is 2.39. The van der Waals surface area contributed by atoms with E-state index in [0.29, 0.717) is 11.6 Å². The average molecular weight is 271 g/mol. The number of amides is 1. The van der Waals surface area contributed by atoms with Gasteiger partial charge < -0.3 is 15.3 Å². The molecule has 18 heavy (non-hydrogen) atoms. The number of benzene rings is 1. The molecule has 0 atom stereocenters. The van der Waals surface area contributed by atoms with Gasteiger partial charge in [0.15, 0.2) is 0 Å². The maximum atomic E-state index is 12.2. The van der Waals surface area contributed by atoms with Crippen LogP contribution in [0.15, 0.2) is 24.3 Å². The minimum absolute atomic E-state index is 0. The molecule has 1 aliphatic rings. The smallest absolute Gasteiger partial charge is 0.257 e. The Morgan fingerprint density at radius 1 is 1.33 bits per heavy atom. The lowest BCUT2D eigenvalue weighted by Crippen LogP contribution is -2.43. The first-order valence-corrected chi connectivity index (χ1v) is 5.97. The molecular weight excluding hydrogens is 252 g/mol. The normalized spacial score (nSPS) is 16.2. The molecule has 0 aromatic heterocycles. The molecule has 5 heteroatoms. The minimum atomic E-state index is -0.0716. The molecule has 4 nitrogen and oxygen atoms in total. The molecule has 0 aliphatic carbocycles. The molecule has 100 valence electrons. The van der Waals surface area contributed by atoms with E-state index < -0.39 is 0 Å². The van der Waals surface area contributed by atoms with E-state index in [2.05, 4.69) is 5.32 Å². The van der Waals surface area contributed by atoms with Gasteiger partial charge in [0.1, 0.15) is 5.75 Å². The highest BCUT2D eigenvalue weighted by molar-refractivity contribution is 5.96. The predicted octanol–water partition coefficient (Wildman–Crippen LogP) is 1.64. The Hall–Kier alpha value is -1.26. The molecule has 0 saturated carbocycles. The van der Waals surface area contributed by atoms with Crippen LogP contribution >= 0.6 is 12.4 Å². The Balaban J connectivity index is 0.00000162. The highest BCUT2D eigenvalue weighted by atomic mass is 35.5. The third kappa shape index (κ3) is 3.15. The Kier molecular flexibility index (Phi) is 5.44. The van der Waals surface area contributed by atoms with E-state index in [9.17, 15) is 9.90 Å². The SMILES string of the molecule is CNC1CCN(C(=O)c2ccccc2O)CC1.Cl. The summed E-state index contributed by atoms with van der Waals surface area (Å²) < 4.78 is 0. The zero-order valence-corrected chi connectivity index (χ0v) is 11.2. The molecule has 2 rings (SSSR count). The van der Waals surface area contributed by atoms with Crippen LogP contribution in [0.3, 0.4) is 0 Å². The quantitative estimate of drug-likeness (QED) is 0.859. The summed E-state index contributed by atoms with van der Waals surface area (Å²) in [6.07, 6.45) is 1.94. The number of piperidine rings is 1. The van der Waals surface area contributed by atoms with Gasteiger partial charge in [0.25, 0.3) is 5.91 Å². The van der Waals surface area contributed by atoms with Gasteiger partial charge in [-0.3, -0.25) is 4.79 Å². The maximum Gasteiger partial charge on any atom is 0.257 e. The molecule has 2 N–H and O–H groups in total. The lowest BCUT2D eigenvalue weighted by atomic mass is 10.0. The highest BCUT2D eigenvalue weighted by Gasteiger charge is 2.23. The van der Waals surface area contributed by atoms with E-state index >= 15 is 0 Å². The number of hydrogen-bond donors (Lipinski definition) is 2. The van der Waals surface area contributed by atoms with Crippen molar-refractivity contribution in [3.63, 3.8) is 0 Å². The fourth-order valence-electron chi connectivity index (χ4n) is 2.20. The number of carbonyl (C=O) groups is 1. The van der Waals surface area contributed by atoms with Crippen molar-refractivity contribution in [2.75, 3.05) is 20.1 Å². The molecule has 1 aliphatic heterocycles. The standard InChI is InChI=1S/C13H18N2O2.ClH/c1-14-10-6-8-15(9-7-10)13(17)11-4-2-3-5-12(11)16;/h2-5,10,14,16H,6-9H2,1H3;1H. The number of likely N-dealkylation sites (tertiary alicyclic amines) is 1. The number of phenolic OH excluding ortho intramolecular Hbond substituents is 1. The monoisotopic (exact) mass is 270 g/mol. The molecule has 0 spiro atoms. The molecule has 1 amide bonds. The van der Waals surface area contributed by atoms with Crippen LogP contribution in [0.1, 0.15) is 23.2 Å². The lowest BCUT2D eigenvalue weighted by molar-refractivity contribution is 0.0704. The maximum absolute atomic E-state index is 12.2. The van der Waals surface area contributed by atoms with Crippen LogP contribution in [0.25, 0.3) is 0 Å². The molecule has 0 unspecified atom stereocenters. The molecule has 1 aromatic rings. The number of phenols is 1. The third-order valence-corrected chi connectivity index (χ3v) is 3.32. The Morgan fingerprint density at radius 3 is 2.50 bits per heavy atom. The van der Waals surface area contributed by atoms with Gasteiger partial charge in [0.2, 0.25) is 0 Å². The second kappa shape index (κ2) is 6.61. The van der Waals surface area contributed by atoms with Crippen LogP contribution in [0.5, 0.6) is 5.75 Å². The summed E-state index contributed by atoms with van der Waals surface area (Å²) in [5.74, 6) is -0.00843. The fourth-order valence-corrected chi connectivity index (χ4v) is 2.20. The zero-order valence-electron chi connectivity index (χ0n) is 10.4. The molecule has 1 heterocycles. The second-order valence-corrected chi connectivity index (χ2v) is 4.37. The Labute approximate surface area is 113 Å². The van der Waals surface area contributed by atoms with E-state index in [1.54, 1.807) is 24.3 Å². The Morgan fingerprint density at radius 2 is 1.94 bits per heavy atom. The first-order valence-electron chi connectivity index (χ1n) is 5.97. The van der Waals surface area contributed by atoms with Crippen LogP contribution in [0, 0.1) is 0 Å². The number of aromatic hydroxyl groups is 1. The van der Waals surface area contributed by atoms with Gasteiger partial charge in [-0.25, -0.2) is 0 Å². The van der Waals surface area contributed by atoms with Crippen LogP contribution in [0.2, 0.25) is 0 Å². The van der Waals surface area contributed by atoms with Gasteiger partial charge in [-0.05, 0) is 32.0 Å². The van der Waals surface area contributed by atoms with E-state index in [4.69, 9.17) is 0 Å². The molecular formula is C13H19ClN2O2. The summed E-state index contributed by atoms with van der Waals surface area (Å²) in [5, 5.41) is 12.9. The van der Waals surface area contributed by atoms with Gasteiger partial charge in [0.05, 0.1) is 5.56 Å². The molecule has 0 radical (unpaired) electrons. The number of halogens is 1. The molecule has 1 saturated heterocycles. The van der Waals surface area contributed by atoms with Crippen LogP contribution in [0.4, 0.5) is 0 Å². The Bertz CT molecular complexity index is 404. The molecule has 1 fully saturated rings. The van der Waals surface area contributed by atoms with E-state index in [1.807, 2.05) is 11.9 Å². The van der Waals surface area contributed by atoms with Crippen molar-refractivity contribution in [3.05, 3.63) is 29.8 Å². The van der Waals surface area contributed by atoms with Crippen molar-refractivity contribution < 1.29 is 9.90 Å². The minimum Gasteiger partial charge on any atom is -0.507 e. The first-order chi connectivity index (χ1) is 8.22. The van der Waals surface area contributed by atoms with Gasteiger partial charge in [-0.15, -0.1) is 12.4 Å². The van der Waals surface area contributed by atoms with Crippen molar-refractivity contribution in [1.82, 2.24) is 10.2 Å². The number of para-hydroxylation sites is 1. The van der Waals surface area contributed by atoms with Crippen molar-refractivity contribution in [2.24, 2.45) is 0 Å². The zero-order chi connectivity index (χ0) is 12.3. The number of hydrogen-bond acceptors (Lipinski definition) is 3. The van der Waals surface area contributed by atoms with E-state index in [0.717, 1.165) is 25.9 Å². The summed E-state index contributed by atoms with van der Waals surface area (Å²) in [5.41, 5.74) is 0.399. The summed E-state index contributed by atoms with van der Waals surface area (Å²) in [6, 6.07) is 7.21. The third-order valence-electron chi connectivity index (χ3n) is 3.32. The summed E-state index contributed by atoms with van der Waals surface area (Å²) in [6.45, 7) is 1.50. The van der Waals surface area contributed by atoms with E-state index in [1.165, 1.54) is 0 Å². The van der Waals surface area contributed by atoms with Gasteiger partial charge >= 0.3 is 0 Å². The fraction of sp³-hybridized carbons (Fsp3) is 0.462. The van der Waals surface area contributed by atoms with Crippen molar-refractivity contribution in [2.45, 2.75) is 18.9 Å². The number of nitrogens with zero attached hydrogens (tertiary/aromatic N) is 1. The summed E-state index contributed by atoms with van der Waals surface area (Å²) in [4.78, 5) is 14.0. The highest BCUT2D eigenvalue weighted by Crippen LogP contribution is 2.20. The number of nitrogens with one attached hydrogen (secondary N) is 1. The first kappa shape index (κ1) is 14.8. The van der Waals surface area contributed by atoms with E-state index in [-0.39, 0.29) is 24.1 Å². The van der Waals surface area contributed by atoms with Gasteiger partial charge in [-0.1, -0.05) is 12.1 Å². The second-order valence-electron chi connectivity index (χ2n) is 4.37. The number of carbonyl (C=O) groups excluding carboxylic acids is 1. The number of rotatable bonds is 2. The topological polar surface area (TPSA) is 52.6 Å². The van der Waals surface area contributed by atoms with Crippen molar-refractivity contribution in [1.29, 1.82) is 0 Å². The van der Waals surface area contributed by atoms with Crippen LogP contribution < -0.4 is 5.32 Å². The van der Waals surface area contributed by atoms with Crippen LogP contribution in [-0.4, -0.2) is 42.1 Å².